The van der Waals surface area contributed by atoms with Crippen LogP contribution in [0.4, 0.5) is 0 Å². The highest BCUT2D eigenvalue weighted by Gasteiger charge is 2.25. The summed E-state index contributed by atoms with van der Waals surface area (Å²) in [7, 11) is 0. The highest BCUT2D eigenvalue weighted by molar-refractivity contribution is 7.11. The quantitative estimate of drug-likeness (QED) is 0.817. The van der Waals surface area contributed by atoms with Crippen LogP contribution in [0.1, 0.15) is 35.9 Å². The third-order valence-corrected chi connectivity index (χ3v) is 5.05. The standard InChI is InChI=1S/C14H23NOS/c1-2-13-6-7-14(17-13)9-15-8-11-4-3-5-12(11)10-16/h6-7,11-12,15-16H,2-5,8-10H2,1H3. The Morgan fingerprint density at radius 1 is 1.29 bits per heavy atom. The monoisotopic (exact) mass is 253 g/mol. The zero-order valence-electron chi connectivity index (χ0n) is 10.6. The average Bonchev–Trinajstić information content (AvgIpc) is 2.97. The second-order valence-corrected chi connectivity index (χ2v) is 6.24. The zero-order valence-corrected chi connectivity index (χ0v) is 11.4. The van der Waals surface area contributed by atoms with E-state index in [1.54, 1.807) is 0 Å². The molecule has 3 heteroatoms. The van der Waals surface area contributed by atoms with Gasteiger partial charge in [-0.15, -0.1) is 11.3 Å². The molecule has 2 N–H and O–H groups in total. The van der Waals surface area contributed by atoms with Crippen LogP contribution in [0.2, 0.25) is 0 Å². The lowest BCUT2D eigenvalue weighted by atomic mass is 9.97. The lowest BCUT2D eigenvalue weighted by Crippen LogP contribution is -2.26. The molecule has 0 saturated heterocycles. The summed E-state index contributed by atoms with van der Waals surface area (Å²) in [6, 6.07) is 4.46. The summed E-state index contributed by atoms with van der Waals surface area (Å²) in [5.41, 5.74) is 0. The van der Waals surface area contributed by atoms with Gasteiger partial charge in [-0.1, -0.05) is 13.3 Å². The van der Waals surface area contributed by atoms with E-state index in [0.29, 0.717) is 18.4 Å². The topological polar surface area (TPSA) is 32.3 Å². The maximum Gasteiger partial charge on any atom is 0.0462 e. The number of aliphatic hydroxyl groups is 1. The summed E-state index contributed by atoms with van der Waals surface area (Å²) in [5, 5.41) is 12.8. The van der Waals surface area contributed by atoms with Crippen LogP contribution in [0.25, 0.3) is 0 Å². The van der Waals surface area contributed by atoms with Crippen LogP contribution in [-0.2, 0) is 13.0 Å². The molecule has 2 atom stereocenters. The predicted octanol–water partition coefficient (Wildman–Crippen LogP) is 2.81. The van der Waals surface area contributed by atoms with Crippen molar-refractivity contribution in [3.8, 4) is 0 Å². The number of thiophene rings is 1. The van der Waals surface area contributed by atoms with E-state index in [1.165, 1.54) is 29.0 Å². The van der Waals surface area contributed by atoms with Crippen LogP contribution in [0, 0.1) is 11.8 Å². The lowest BCUT2D eigenvalue weighted by molar-refractivity contribution is 0.192. The van der Waals surface area contributed by atoms with Gasteiger partial charge in [0.25, 0.3) is 0 Å². The molecule has 1 aliphatic carbocycles. The van der Waals surface area contributed by atoms with E-state index in [9.17, 15) is 5.11 Å². The Balaban J connectivity index is 1.72. The molecule has 0 radical (unpaired) electrons. The highest BCUT2D eigenvalue weighted by Crippen LogP contribution is 2.30. The molecule has 1 heterocycles. The van der Waals surface area contributed by atoms with E-state index in [1.807, 2.05) is 11.3 Å². The number of nitrogens with one attached hydrogen (secondary N) is 1. The van der Waals surface area contributed by atoms with Crippen molar-refractivity contribution in [1.29, 1.82) is 0 Å². The van der Waals surface area contributed by atoms with E-state index in [4.69, 9.17) is 0 Å². The van der Waals surface area contributed by atoms with E-state index in [0.717, 1.165) is 19.5 Å². The van der Waals surface area contributed by atoms with Crippen LogP contribution < -0.4 is 5.32 Å². The van der Waals surface area contributed by atoms with Crippen molar-refractivity contribution in [2.24, 2.45) is 11.8 Å². The number of rotatable bonds is 6. The van der Waals surface area contributed by atoms with Gasteiger partial charge >= 0.3 is 0 Å². The summed E-state index contributed by atoms with van der Waals surface area (Å²) < 4.78 is 0. The first-order valence-electron chi connectivity index (χ1n) is 6.72. The molecule has 17 heavy (non-hydrogen) atoms. The molecule has 0 aromatic carbocycles. The Kier molecular flexibility index (Phi) is 5.01. The Hall–Kier alpha value is -0.380. The fraction of sp³-hybridized carbons (Fsp3) is 0.714. The fourth-order valence-corrected chi connectivity index (χ4v) is 3.64. The number of hydrogen-bond acceptors (Lipinski definition) is 3. The summed E-state index contributed by atoms with van der Waals surface area (Å²) in [4.78, 5) is 2.90. The molecule has 2 nitrogen and oxygen atoms in total. The lowest BCUT2D eigenvalue weighted by Gasteiger charge is -2.17. The Morgan fingerprint density at radius 3 is 2.76 bits per heavy atom. The minimum atomic E-state index is 0.366. The van der Waals surface area contributed by atoms with Gasteiger partial charge in [-0.25, -0.2) is 0 Å². The molecule has 2 rings (SSSR count). The maximum absolute atomic E-state index is 9.26. The molecular weight excluding hydrogens is 230 g/mol. The van der Waals surface area contributed by atoms with Gasteiger partial charge in [0.1, 0.15) is 0 Å². The van der Waals surface area contributed by atoms with Crippen molar-refractivity contribution in [2.45, 2.75) is 39.2 Å². The first-order chi connectivity index (χ1) is 8.33. The second-order valence-electron chi connectivity index (χ2n) is 4.99. The van der Waals surface area contributed by atoms with Crippen LogP contribution in [0.5, 0.6) is 0 Å². The minimum absolute atomic E-state index is 0.366. The van der Waals surface area contributed by atoms with Crippen LogP contribution in [-0.4, -0.2) is 18.3 Å². The van der Waals surface area contributed by atoms with Gasteiger partial charge in [0.2, 0.25) is 0 Å². The van der Waals surface area contributed by atoms with E-state index >= 15 is 0 Å². The Morgan fingerprint density at radius 2 is 2.06 bits per heavy atom. The Labute approximate surface area is 108 Å². The van der Waals surface area contributed by atoms with Crippen molar-refractivity contribution >= 4 is 11.3 Å². The molecule has 1 saturated carbocycles. The van der Waals surface area contributed by atoms with Gasteiger partial charge in [0.15, 0.2) is 0 Å². The third kappa shape index (κ3) is 3.54. The van der Waals surface area contributed by atoms with Gasteiger partial charge < -0.3 is 10.4 Å². The summed E-state index contributed by atoms with van der Waals surface area (Å²) in [6.45, 7) is 4.61. The van der Waals surface area contributed by atoms with Crippen LogP contribution in [0.15, 0.2) is 12.1 Å². The molecule has 96 valence electrons. The molecule has 0 amide bonds. The molecule has 1 fully saturated rings. The van der Waals surface area contributed by atoms with Gasteiger partial charge in [-0.3, -0.25) is 0 Å². The highest BCUT2D eigenvalue weighted by atomic mass is 32.1. The predicted molar refractivity (Wildman–Crippen MR) is 73.3 cm³/mol. The number of aryl methyl sites for hydroxylation is 1. The molecule has 0 spiro atoms. The smallest absolute Gasteiger partial charge is 0.0462 e. The van der Waals surface area contributed by atoms with Gasteiger partial charge in [0, 0.05) is 22.9 Å². The van der Waals surface area contributed by atoms with E-state index < -0.39 is 0 Å². The van der Waals surface area contributed by atoms with Gasteiger partial charge in [0.05, 0.1) is 0 Å². The molecular formula is C14H23NOS. The fourth-order valence-electron chi connectivity index (χ4n) is 2.71. The first-order valence-corrected chi connectivity index (χ1v) is 7.54. The van der Waals surface area contributed by atoms with Gasteiger partial charge in [-0.2, -0.15) is 0 Å². The molecule has 1 aromatic rings. The Bertz CT molecular complexity index is 337. The zero-order chi connectivity index (χ0) is 12.1. The normalized spacial score (nSPS) is 24.4. The summed E-state index contributed by atoms with van der Waals surface area (Å²) >= 11 is 1.91. The summed E-state index contributed by atoms with van der Waals surface area (Å²) in [5.74, 6) is 1.22. The van der Waals surface area contributed by atoms with Crippen molar-refractivity contribution in [3.05, 3.63) is 21.9 Å². The molecule has 2 unspecified atom stereocenters. The molecule has 1 aliphatic rings. The summed E-state index contributed by atoms with van der Waals surface area (Å²) in [6.07, 6.45) is 4.92. The average molecular weight is 253 g/mol. The van der Waals surface area contributed by atoms with Gasteiger partial charge in [-0.05, 0) is 49.8 Å². The van der Waals surface area contributed by atoms with Crippen LogP contribution >= 0.6 is 11.3 Å². The van der Waals surface area contributed by atoms with E-state index in [-0.39, 0.29) is 0 Å². The minimum Gasteiger partial charge on any atom is -0.396 e. The number of aliphatic hydroxyl groups excluding tert-OH is 1. The van der Waals surface area contributed by atoms with Crippen molar-refractivity contribution < 1.29 is 5.11 Å². The third-order valence-electron chi connectivity index (χ3n) is 3.82. The first kappa shape index (κ1) is 13.1. The molecule has 0 aliphatic heterocycles. The van der Waals surface area contributed by atoms with Crippen molar-refractivity contribution in [1.82, 2.24) is 5.32 Å². The van der Waals surface area contributed by atoms with Crippen molar-refractivity contribution in [3.63, 3.8) is 0 Å². The molecule has 1 aromatic heterocycles. The largest absolute Gasteiger partial charge is 0.396 e. The molecule has 0 bridgehead atoms. The SMILES string of the molecule is CCc1ccc(CNCC2CCCC2CO)s1. The van der Waals surface area contributed by atoms with E-state index in [2.05, 4.69) is 24.4 Å². The van der Waals surface area contributed by atoms with Crippen LogP contribution in [0.3, 0.4) is 0 Å². The maximum atomic E-state index is 9.26. The second kappa shape index (κ2) is 6.53. The number of hydrogen-bond donors (Lipinski definition) is 2. The van der Waals surface area contributed by atoms with Crippen molar-refractivity contribution in [2.75, 3.05) is 13.2 Å².